The molecule has 0 aromatic heterocycles. The third-order valence-corrected chi connectivity index (χ3v) is 1.98. The van der Waals surface area contributed by atoms with Crippen LogP contribution < -0.4 is 9.64 Å². The van der Waals surface area contributed by atoms with Gasteiger partial charge in [-0.15, -0.1) is 0 Å². The molecule has 1 rings (SSSR count). The zero-order valence-corrected chi connectivity index (χ0v) is 8.62. The van der Waals surface area contributed by atoms with E-state index < -0.39 is 17.5 Å². The van der Waals surface area contributed by atoms with Gasteiger partial charge in [-0.25, -0.2) is 8.78 Å². The van der Waals surface area contributed by atoms with Gasteiger partial charge in [-0.05, 0) is 0 Å². The Hall–Kier alpha value is -2.16. The molecular weight excluding hydrogens is 218 g/mol. The van der Waals surface area contributed by atoms with Crippen molar-refractivity contribution in [1.82, 2.24) is 0 Å². The van der Waals surface area contributed by atoms with E-state index in [9.17, 15) is 13.6 Å². The highest BCUT2D eigenvalue weighted by Crippen LogP contribution is 2.26. The van der Waals surface area contributed by atoms with Crippen LogP contribution in [-0.2, 0) is 4.79 Å². The second-order valence-corrected chi connectivity index (χ2v) is 2.91. The third-order valence-electron chi connectivity index (χ3n) is 1.98. The molecule has 0 aliphatic heterocycles. The maximum atomic E-state index is 13.4. The van der Waals surface area contributed by atoms with E-state index in [2.05, 4.69) is 4.74 Å². The first-order chi connectivity index (χ1) is 7.51. The van der Waals surface area contributed by atoms with Crippen molar-refractivity contribution in [2.45, 2.75) is 0 Å². The molecule has 0 unspecified atom stereocenters. The van der Waals surface area contributed by atoms with Gasteiger partial charge in [-0.1, -0.05) is 0 Å². The van der Waals surface area contributed by atoms with Crippen molar-refractivity contribution in [1.29, 1.82) is 5.26 Å². The normalized spacial score (nSPS) is 9.44. The molecule has 0 aliphatic rings. The Morgan fingerprint density at radius 3 is 2.56 bits per heavy atom. The Morgan fingerprint density at radius 2 is 2.06 bits per heavy atom. The second-order valence-electron chi connectivity index (χ2n) is 2.91. The summed E-state index contributed by atoms with van der Waals surface area (Å²) in [6.07, 6.45) is 0. The van der Waals surface area contributed by atoms with Crippen LogP contribution in [0.5, 0.6) is 5.75 Å². The summed E-state index contributed by atoms with van der Waals surface area (Å²) >= 11 is 0. The molecule has 1 aromatic carbocycles. The first-order valence-corrected chi connectivity index (χ1v) is 4.22. The molecule has 0 bridgehead atoms. The van der Waals surface area contributed by atoms with E-state index in [-0.39, 0.29) is 11.4 Å². The summed E-state index contributed by atoms with van der Waals surface area (Å²) in [5.74, 6) is -2.90. The van der Waals surface area contributed by atoms with Gasteiger partial charge in [-0.3, -0.25) is 9.69 Å². The largest absolute Gasteiger partial charge is 0.494 e. The van der Waals surface area contributed by atoms with Crippen molar-refractivity contribution in [3.63, 3.8) is 0 Å². The van der Waals surface area contributed by atoms with Crippen LogP contribution in [-0.4, -0.2) is 20.1 Å². The number of hydrogen-bond acceptors (Lipinski definition) is 3. The van der Waals surface area contributed by atoms with Gasteiger partial charge >= 0.3 is 5.91 Å². The molecule has 0 N–H and O–H groups in total. The fourth-order valence-electron chi connectivity index (χ4n) is 1.12. The average Bonchev–Trinajstić information content (AvgIpc) is 2.29. The monoisotopic (exact) mass is 226 g/mol. The predicted molar refractivity (Wildman–Crippen MR) is 51.9 cm³/mol. The fourth-order valence-corrected chi connectivity index (χ4v) is 1.12. The second kappa shape index (κ2) is 4.57. The van der Waals surface area contributed by atoms with E-state index in [1.54, 1.807) is 0 Å². The van der Waals surface area contributed by atoms with Crippen LogP contribution in [0.3, 0.4) is 0 Å². The molecule has 0 radical (unpaired) electrons. The zero-order chi connectivity index (χ0) is 12.3. The molecule has 16 heavy (non-hydrogen) atoms. The fraction of sp³-hybridized carbons (Fsp3) is 0.200. The molecule has 0 fully saturated rings. The summed E-state index contributed by atoms with van der Waals surface area (Å²) in [4.78, 5) is 11.7. The number of carbonyl (C=O) groups excluding carboxylic acids is 1. The lowest BCUT2D eigenvalue weighted by Gasteiger charge is -2.15. The number of rotatable bonds is 2. The van der Waals surface area contributed by atoms with E-state index in [0.29, 0.717) is 0 Å². The molecule has 0 heterocycles. The SMILES string of the molecule is COc1cc(F)c(N(C)C(=O)C#N)cc1F. The number of amides is 1. The Labute approximate surface area is 90.6 Å². The highest BCUT2D eigenvalue weighted by Gasteiger charge is 2.17. The van der Waals surface area contributed by atoms with Crippen molar-refractivity contribution >= 4 is 11.6 Å². The lowest BCUT2D eigenvalue weighted by molar-refractivity contribution is -0.113. The number of methoxy groups -OCH3 is 1. The van der Waals surface area contributed by atoms with E-state index in [0.717, 1.165) is 17.0 Å². The Bertz CT molecular complexity index is 469. The van der Waals surface area contributed by atoms with Gasteiger partial charge in [-0.2, -0.15) is 5.26 Å². The van der Waals surface area contributed by atoms with Crippen LogP contribution in [0, 0.1) is 23.0 Å². The maximum Gasteiger partial charge on any atom is 0.329 e. The predicted octanol–water partition coefficient (Wildman–Crippen LogP) is 1.46. The van der Waals surface area contributed by atoms with Crippen LogP contribution in [0.4, 0.5) is 14.5 Å². The first kappa shape index (κ1) is 11.9. The standard InChI is InChI=1S/C10H8F2N2O2/c1-14(10(15)5-13)8-3-7(12)9(16-2)4-6(8)11/h3-4H,1-2H3. The lowest BCUT2D eigenvalue weighted by Crippen LogP contribution is -2.25. The van der Waals surface area contributed by atoms with Crippen molar-refractivity contribution in [2.75, 3.05) is 19.1 Å². The van der Waals surface area contributed by atoms with Gasteiger partial charge in [0, 0.05) is 19.2 Å². The van der Waals surface area contributed by atoms with Gasteiger partial charge in [0.25, 0.3) is 0 Å². The highest BCUT2D eigenvalue weighted by molar-refractivity contribution is 6.03. The molecule has 1 aromatic rings. The van der Waals surface area contributed by atoms with Crippen LogP contribution in [0.25, 0.3) is 0 Å². The summed E-state index contributed by atoms with van der Waals surface area (Å²) in [7, 11) is 2.37. The van der Waals surface area contributed by atoms with Crippen LogP contribution in [0.1, 0.15) is 0 Å². The molecule has 0 saturated carbocycles. The van der Waals surface area contributed by atoms with Crippen LogP contribution >= 0.6 is 0 Å². The molecule has 0 aliphatic carbocycles. The summed E-state index contributed by atoms with van der Waals surface area (Å²) in [6.45, 7) is 0. The number of benzene rings is 1. The topological polar surface area (TPSA) is 53.3 Å². The smallest absolute Gasteiger partial charge is 0.329 e. The Kier molecular flexibility index (Phi) is 3.40. The molecule has 1 amide bonds. The molecule has 4 nitrogen and oxygen atoms in total. The maximum absolute atomic E-state index is 13.4. The van der Waals surface area contributed by atoms with Crippen molar-refractivity contribution in [2.24, 2.45) is 0 Å². The number of hydrogen-bond donors (Lipinski definition) is 0. The minimum absolute atomic E-state index is 0.265. The zero-order valence-electron chi connectivity index (χ0n) is 8.62. The quantitative estimate of drug-likeness (QED) is 0.717. The van der Waals surface area contributed by atoms with E-state index in [4.69, 9.17) is 5.26 Å². The molecular formula is C10H8F2N2O2. The van der Waals surface area contributed by atoms with Gasteiger partial charge in [0.2, 0.25) is 0 Å². The number of ether oxygens (including phenoxy) is 1. The van der Waals surface area contributed by atoms with E-state index >= 15 is 0 Å². The summed E-state index contributed by atoms with van der Waals surface area (Å²) in [6, 6.07) is 2.91. The number of nitriles is 1. The van der Waals surface area contributed by atoms with Gasteiger partial charge in [0.1, 0.15) is 0 Å². The van der Waals surface area contributed by atoms with Gasteiger partial charge < -0.3 is 4.74 Å². The minimum Gasteiger partial charge on any atom is -0.494 e. The summed E-state index contributed by atoms with van der Waals surface area (Å²) in [5, 5.41) is 8.35. The molecule has 0 saturated heterocycles. The number of halogens is 2. The average molecular weight is 226 g/mol. The number of nitrogens with zero attached hydrogens (tertiary/aromatic N) is 2. The Balaban J connectivity index is 3.22. The minimum atomic E-state index is -0.983. The third kappa shape index (κ3) is 2.08. The first-order valence-electron chi connectivity index (χ1n) is 4.22. The van der Waals surface area contributed by atoms with Crippen LogP contribution in [0.15, 0.2) is 12.1 Å². The van der Waals surface area contributed by atoms with Crippen molar-refractivity contribution in [3.05, 3.63) is 23.8 Å². The van der Waals surface area contributed by atoms with Gasteiger partial charge in [0.05, 0.1) is 12.8 Å². The van der Waals surface area contributed by atoms with Crippen molar-refractivity contribution in [3.8, 4) is 11.8 Å². The van der Waals surface area contributed by atoms with Gasteiger partial charge in [0.15, 0.2) is 23.5 Å². The lowest BCUT2D eigenvalue weighted by atomic mass is 10.2. The highest BCUT2D eigenvalue weighted by atomic mass is 19.1. The number of carbonyl (C=O) groups is 1. The molecule has 0 atom stereocenters. The molecule has 84 valence electrons. The van der Waals surface area contributed by atoms with E-state index in [1.807, 2.05) is 0 Å². The van der Waals surface area contributed by atoms with Crippen molar-refractivity contribution < 1.29 is 18.3 Å². The molecule has 6 heteroatoms. The Morgan fingerprint density at radius 1 is 1.44 bits per heavy atom. The summed E-state index contributed by atoms with van der Waals surface area (Å²) < 4.78 is 31.2. The van der Waals surface area contributed by atoms with E-state index in [1.165, 1.54) is 20.2 Å². The summed E-state index contributed by atoms with van der Waals surface area (Å²) in [5.41, 5.74) is -0.315. The van der Waals surface area contributed by atoms with Crippen LogP contribution in [0.2, 0.25) is 0 Å². The number of anilines is 1. The molecule has 0 spiro atoms.